The van der Waals surface area contributed by atoms with Crippen LogP contribution in [0.5, 0.6) is 5.75 Å². The van der Waals surface area contributed by atoms with Crippen molar-refractivity contribution in [3.63, 3.8) is 0 Å². The van der Waals surface area contributed by atoms with E-state index in [1.807, 2.05) is 6.26 Å². The number of carbonyl (C=O) groups excluding carboxylic acids is 1. The van der Waals surface area contributed by atoms with E-state index in [4.69, 9.17) is 4.74 Å². The van der Waals surface area contributed by atoms with Crippen LogP contribution in [0.3, 0.4) is 0 Å². The molecule has 0 saturated carbocycles. The number of amides is 1. The minimum Gasteiger partial charge on any atom is -0.495 e. The molecule has 0 aliphatic carbocycles. The Hall–Kier alpha value is -1.51. The lowest BCUT2D eigenvalue weighted by atomic mass is 10.1. The Kier molecular flexibility index (Phi) is 6.53. The second-order valence-corrected chi connectivity index (χ2v) is 7.01. The third-order valence-corrected chi connectivity index (χ3v) is 5.50. The van der Waals surface area contributed by atoms with Gasteiger partial charge in [0.2, 0.25) is 0 Å². The van der Waals surface area contributed by atoms with E-state index >= 15 is 0 Å². The number of nitrogens with zero attached hydrogens (tertiary/aromatic N) is 2. The summed E-state index contributed by atoms with van der Waals surface area (Å²) >= 11 is 1.40. The second kappa shape index (κ2) is 8.25. The number of ether oxygens (including phenoxy) is 1. The maximum absolute atomic E-state index is 13.0. The van der Waals surface area contributed by atoms with Gasteiger partial charge in [0.25, 0.3) is 11.6 Å². The molecule has 1 aromatic carbocycles. The van der Waals surface area contributed by atoms with E-state index in [0.717, 1.165) is 24.2 Å². The molecule has 0 aromatic heterocycles. The van der Waals surface area contributed by atoms with Crippen molar-refractivity contribution in [2.24, 2.45) is 0 Å². The van der Waals surface area contributed by atoms with Crippen LogP contribution in [0.4, 0.5) is 5.69 Å². The Morgan fingerprint density at radius 2 is 2.08 bits per heavy atom. The van der Waals surface area contributed by atoms with E-state index in [9.17, 15) is 14.9 Å². The third kappa shape index (κ3) is 4.02. The summed E-state index contributed by atoms with van der Waals surface area (Å²) in [6, 6.07) is 3.68. The van der Waals surface area contributed by atoms with Gasteiger partial charge in [-0.1, -0.05) is 0 Å². The highest BCUT2D eigenvalue weighted by Gasteiger charge is 2.34. The molecule has 25 heavy (non-hydrogen) atoms. The average molecular weight is 388 g/mol. The predicted molar refractivity (Wildman–Crippen MR) is 99.1 cm³/mol. The number of halogens is 1. The summed E-state index contributed by atoms with van der Waals surface area (Å²) in [6.07, 6.45) is 4.94. The number of thioether (sulfide) groups is 1. The van der Waals surface area contributed by atoms with E-state index in [1.165, 1.54) is 24.9 Å². The molecule has 2 aliphatic rings. The molecular formula is C16H22ClN3O4S. The molecule has 2 bridgehead atoms. The van der Waals surface area contributed by atoms with Crippen molar-refractivity contribution < 1.29 is 14.5 Å². The number of fused-ring (bicyclic) bond motifs is 2. The highest BCUT2D eigenvalue weighted by molar-refractivity contribution is 7.98. The lowest BCUT2D eigenvalue weighted by molar-refractivity contribution is -0.385. The standard InChI is InChI=1S/C16H21N3O4S.ClH/c1-23-14-8-13(19(21)22)12(7-15(14)24-2)16(20)18-6-5-10-3-4-11(9-18)17-10;/h7-8,10-11,17H,3-6,9H2,1-2H3;1H. The molecular weight excluding hydrogens is 366 g/mol. The first-order valence-electron chi connectivity index (χ1n) is 7.99. The van der Waals surface area contributed by atoms with Crippen LogP contribution >= 0.6 is 24.2 Å². The largest absolute Gasteiger partial charge is 0.495 e. The van der Waals surface area contributed by atoms with Crippen LogP contribution in [0, 0.1) is 10.1 Å². The molecule has 2 aliphatic heterocycles. The van der Waals surface area contributed by atoms with Gasteiger partial charge in [0.1, 0.15) is 11.3 Å². The van der Waals surface area contributed by atoms with Crippen molar-refractivity contribution in [2.75, 3.05) is 26.5 Å². The zero-order chi connectivity index (χ0) is 17.3. The van der Waals surface area contributed by atoms with Crippen LogP contribution in [0.1, 0.15) is 29.6 Å². The van der Waals surface area contributed by atoms with Crippen LogP contribution in [-0.2, 0) is 0 Å². The lowest BCUT2D eigenvalue weighted by Crippen LogP contribution is -2.39. The molecule has 9 heteroatoms. The number of methoxy groups -OCH3 is 1. The number of nitro benzene ring substituents is 1. The molecule has 0 spiro atoms. The number of likely N-dealkylation sites (tertiary alicyclic amines) is 1. The van der Waals surface area contributed by atoms with Crippen molar-refractivity contribution in [3.8, 4) is 5.75 Å². The second-order valence-electron chi connectivity index (χ2n) is 6.16. The molecule has 0 radical (unpaired) electrons. The van der Waals surface area contributed by atoms with E-state index in [1.54, 1.807) is 11.0 Å². The Balaban J connectivity index is 0.00000225. The first-order chi connectivity index (χ1) is 11.5. The first-order valence-corrected chi connectivity index (χ1v) is 9.21. The molecule has 138 valence electrons. The zero-order valence-corrected chi connectivity index (χ0v) is 15.8. The fourth-order valence-corrected chi connectivity index (χ4v) is 4.07. The summed E-state index contributed by atoms with van der Waals surface area (Å²) in [7, 11) is 1.47. The minimum absolute atomic E-state index is 0. The van der Waals surface area contributed by atoms with E-state index in [0.29, 0.717) is 30.9 Å². The Morgan fingerprint density at radius 1 is 1.36 bits per heavy atom. The van der Waals surface area contributed by atoms with Gasteiger partial charge in [0.15, 0.2) is 0 Å². The summed E-state index contributed by atoms with van der Waals surface area (Å²) in [6.45, 7) is 1.23. The van der Waals surface area contributed by atoms with Crippen LogP contribution in [0.15, 0.2) is 17.0 Å². The van der Waals surface area contributed by atoms with Gasteiger partial charge in [-0.3, -0.25) is 14.9 Å². The van der Waals surface area contributed by atoms with E-state index in [-0.39, 0.29) is 29.6 Å². The Morgan fingerprint density at radius 3 is 2.72 bits per heavy atom. The number of carbonyl (C=O) groups is 1. The molecule has 2 unspecified atom stereocenters. The molecule has 1 N–H and O–H groups in total. The normalized spacial score (nSPS) is 22.1. The van der Waals surface area contributed by atoms with E-state index in [2.05, 4.69) is 5.32 Å². The predicted octanol–water partition coefficient (Wildman–Crippen LogP) is 2.71. The molecule has 2 heterocycles. The van der Waals surface area contributed by atoms with E-state index < -0.39 is 4.92 Å². The lowest BCUT2D eigenvalue weighted by Gasteiger charge is -2.24. The highest BCUT2D eigenvalue weighted by Crippen LogP contribution is 2.35. The van der Waals surface area contributed by atoms with Crippen LogP contribution < -0.4 is 10.1 Å². The fourth-order valence-electron chi connectivity index (χ4n) is 3.49. The summed E-state index contributed by atoms with van der Waals surface area (Å²) in [5.41, 5.74) is -0.0556. The molecule has 7 nitrogen and oxygen atoms in total. The van der Waals surface area contributed by atoms with Crippen molar-refractivity contribution in [1.82, 2.24) is 10.2 Å². The number of nitrogens with one attached hydrogen (secondary N) is 1. The number of hydrogen-bond donors (Lipinski definition) is 1. The molecule has 1 aromatic rings. The van der Waals surface area contributed by atoms with Crippen LogP contribution in [0.25, 0.3) is 0 Å². The molecule has 2 fully saturated rings. The number of rotatable bonds is 4. The van der Waals surface area contributed by atoms with Gasteiger partial charge in [0.05, 0.1) is 23.0 Å². The average Bonchev–Trinajstić information content (AvgIpc) is 2.91. The van der Waals surface area contributed by atoms with Gasteiger partial charge in [-0.05, 0) is 31.6 Å². The van der Waals surface area contributed by atoms with Gasteiger partial charge in [0, 0.05) is 25.2 Å². The SMILES string of the molecule is COc1cc([N+](=O)[O-])c(C(=O)N2CCC3CCC(C2)N3)cc1SC.Cl. The fraction of sp³-hybridized carbons (Fsp3) is 0.562. The maximum atomic E-state index is 13.0. The smallest absolute Gasteiger partial charge is 0.285 e. The monoisotopic (exact) mass is 387 g/mol. The number of hydrogen-bond acceptors (Lipinski definition) is 6. The zero-order valence-electron chi connectivity index (χ0n) is 14.2. The summed E-state index contributed by atoms with van der Waals surface area (Å²) in [5, 5.41) is 14.9. The summed E-state index contributed by atoms with van der Waals surface area (Å²) < 4.78 is 5.21. The van der Waals surface area contributed by atoms with Gasteiger partial charge in [-0.2, -0.15) is 0 Å². The topological polar surface area (TPSA) is 84.7 Å². The maximum Gasteiger partial charge on any atom is 0.285 e. The minimum atomic E-state index is -0.512. The molecule has 3 rings (SSSR count). The highest BCUT2D eigenvalue weighted by atomic mass is 35.5. The quantitative estimate of drug-likeness (QED) is 0.485. The molecule has 1 amide bonds. The van der Waals surface area contributed by atoms with Crippen molar-refractivity contribution in [1.29, 1.82) is 0 Å². The third-order valence-electron chi connectivity index (χ3n) is 4.74. The first kappa shape index (κ1) is 19.8. The van der Waals surface area contributed by atoms with Crippen LogP contribution in [-0.4, -0.2) is 54.3 Å². The van der Waals surface area contributed by atoms with Gasteiger partial charge >= 0.3 is 0 Å². The summed E-state index contributed by atoms with van der Waals surface area (Å²) in [5.74, 6) is 0.149. The number of nitro groups is 1. The van der Waals surface area contributed by atoms with Crippen molar-refractivity contribution in [3.05, 3.63) is 27.8 Å². The molecule has 2 atom stereocenters. The van der Waals surface area contributed by atoms with Gasteiger partial charge < -0.3 is 15.0 Å². The number of benzene rings is 1. The van der Waals surface area contributed by atoms with Crippen LogP contribution in [0.2, 0.25) is 0 Å². The summed E-state index contributed by atoms with van der Waals surface area (Å²) in [4.78, 5) is 26.4. The molecule has 2 saturated heterocycles. The Bertz CT molecular complexity index is 673. The van der Waals surface area contributed by atoms with Crippen molar-refractivity contribution >= 4 is 35.8 Å². The van der Waals surface area contributed by atoms with Crippen molar-refractivity contribution in [2.45, 2.75) is 36.2 Å². The Labute approximate surface area is 157 Å². The van der Waals surface area contributed by atoms with Gasteiger partial charge in [-0.25, -0.2) is 0 Å². The van der Waals surface area contributed by atoms with Gasteiger partial charge in [-0.15, -0.1) is 24.2 Å².